The van der Waals surface area contributed by atoms with Gasteiger partial charge in [-0.05, 0) is 31.0 Å². The van der Waals surface area contributed by atoms with Crippen molar-refractivity contribution < 1.29 is 9.90 Å². The average molecular weight is 271 g/mol. The van der Waals surface area contributed by atoms with Gasteiger partial charge in [0, 0.05) is 25.0 Å². The Hall–Kier alpha value is -2.14. The highest BCUT2D eigenvalue weighted by molar-refractivity contribution is 5.87. The molecular formula is C15H17N3O2. The number of hydrogen-bond acceptors (Lipinski definition) is 3. The van der Waals surface area contributed by atoms with Gasteiger partial charge in [-0.15, -0.1) is 0 Å². The lowest BCUT2D eigenvalue weighted by Crippen LogP contribution is -2.19. The second-order valence-corrected chi connectivity index (χ2v) is 5.21. The topological polar surface area (TPSA) is 67.2 Å². The molecule has 0 aliphatic carbocycles. The van der Waals surface area contributed by atoms with Crippen LogP contribution in [-0.4, -0.2) is 20.6 Å². The second kappa shape index (κ2) is 5.09. The normalized spacial score (nSPS) is 20.9. The number of carboxylic acids is 1. The van der Waals surface area contributed by atoms with E-state index in [4.69, 9.17) is 5.11 Å². The highest BCUT2D eigenvalue weighted by Gasteiger charge is 2.28. The Bertz CT molecular complexity index is 618. The zero-order valence-electron chi connectivity index (χ0n) is 11.3. The summed E-state index contributed by atoms with van der Waals surface area (Å²) in [6.45, 7) is 2.90. The Balaban J connectivity index is 1.65. The number of carboxylic acid groups (broad SMARTS) is 1. The predicted molar refractivity (Wildman–Crippen MR) is 74.5 cm³/mol. The monoisotopic (exact) mass is 271 g/mol. The smallest absolute Gasteiger partial charge is 0.335 e. The van der Waals surface area contributed by atoms with Gasteiger partial charge in [0.25, 0.3) is 0 Å². The number of benzene rings is 1. The summed E-state index contributed by atoms with van der Waals surface area (Å²) in [5, 5.41) is 12.4. The first-order valence-electron chi connectivity index (χ1n) is 6.73. The van der Waals surface area contributed by atoms with Crippen LogP contribution in [-0.2, 0) is 6.54 Å². The van der Waals surface area contributed by atoms with Gasteiger partial charge >= 0.3 is 5.97 Å². The number of carbonyl (C=O) groups is 1. The van der Waals surface area contributed by atoms with Crippen LogP contribution in [0.5, 0.6) is 0 Å². The van der Waals surface area contributed by atoms with E-state index in [9.17, 15) is 4.79 Å². The van der Waals surface area contributed by atoms with Gasteiger partial charge in [0.05, 0.1) is 11.6 Å². The van der Waals surface area contributed by atoms with E-state index in [1.165, 1.54) is 0 Å². The molecule has 0 amide bonds. The largest absolute Gasteiger partial charge is 0.478 e. The number of nitrogens with one attached hydrogen (secondary N) is 1. The van der Waals surface area contributed by atoms with E-state index < -0.39 is 5.97 Å². The van der Waals surface area contributed by atoms with Crippen molar-refractivity contribution in [1.29, 1.82) is 0 Å². The van der Waals surface area contributed by atoms with E-state index in [1.807, 2.05) is 24.5 Å². The lowest BCUT2D eigenvalue weighted by atomic mass is 10.1. The Kier molecular flexibility index (Phi) is 3.28. The van der Waals surface area contributed by atoms with Crippen LogP contribution in [0.3, 0.4) is 0 Å². The summed E-state index contributed by atoms with van der Waals surface area (Å²) >= 11 is 0. The van der Waals surface area contributed by atoms with Crippen LogP contribution in [0.2, 0.25) is 0 Å². The second-order valence-electron chi connectivity index (χ2n) is 5.21. The first-order chi connectivity index (χ1) is 9.65. The van der Waals surface area contributed by atoms with Gasteiger partial charge in [0.15, 0.2) is 0 Å². The maximum Gasteiger partial charge on any atom is 0.335 e. The van der Waals surface area contributed by atoms with Crippen molar-refractivity contribution in [2.75, 3.05) is 0 Å². The molecule has 2 heterocycles. The molecular weight excluding hydrogens is 254 g/mol. The molecule has 1 aromatic heterocycles. The molecule has 5 nitrogen and oxygen atoms in total. The number of fused-ring (bicyclic) bond motifs is 1. The van der Waals surface area contributed by atoms with Crippen LogP contribution in [0, 0.1) is 0 Å². The maximum atomic E-state index is 10.8. The molecule has 2 N–H and O–H groups in total. The quantitative estimate of drug-likeness (QED) is 0.896. The van der Waals surface area contributed by atoms with Gasteiger partial charge in [-0.1, -0.05) is 12.1 Å². The van der Waals surface area contributed by atoms with E-state index in [-0.39, 0.29) is 6.04 Å². The number of aromatic nitrogens is 2. The predicted octanol–water partition coefficient (Wildman–Crippen LogP) is 2.38. The summed E-state index contributed by atoms with van der Waals surface area (Å²) in [5.41, 5.74) is 1.39. The molecule has 0 saturated carbocycles. The summed E-state index contributed by atoms with van der Waals surface area (Å²) in [6.07, 6.45) is 4.89. The van der Waals surface area contributed by atoms with Gasteiger partial charge in [-0.25, -0.2) is 9.78 Å². The van der Waals surface area contributed by atoms with Gasteiger partial charge in [-0.3, -0.25) is 0 Å². The summed E-state index contributed by atoms with van der Waals surface area (Å²) < 4.78 is 2.20. The van der Waals surface area contributed by atoms with E-state index in [2.05, 4.69) is 21.8 Å². The molecule has 1 aliphatic rings. The molecule has 0 unspecified atom stereocenters. The molecule has 0 bridgehead atoms. The number of nitrogens with zero attached hydrogens (tertiary/aromatic N) is 2. The summed E-state index contributed by atoms with van der Waals surface area (Å²) in [6, 6.07) is 7.70. The van der Waals surface area contributed by atoms with Crippen LogP contribution >= 0.6 is 0 Å². The Labute approximate surface area is 117 Å². The number of imidazole rings is 1. The fourth-order valence-electron chi connectivity index (χ4n) is 2.71. The van der Waals surface area contributed by atoms with E-state index in [1.54, 1.807) is 12.1 Å². The third-order valence-electron chi connectivity index (χ3n) is 3.82. The van der Waals surface area contributed by atoms with Crippen molar-refractivity contribution in [3.63, 3.8) is 0 Å². The molecule has 0 fully saturated rings. The van der Waals surface area contributed by atoms with Crippen molar-refractivity contribution >= 4 is 5.97 Å². The zero-order chi connectivity index (χ0) is 14.1. The van der Waals surface area contributed by atoms with Crippen molar-refractivity contribution in [2.45, 2.75) is 32.0 Å². The van der Waals surface area contributed by atoms with Crippen molar-refractivity contribution in [3.8, 4) is 0 Å². The Morgan fingerprint density at radius 3 is 2.90 bits per heavy atom. The van der Waals surface area contributed by atoms with Gasteiger partial charge in [-0.2, -0.15) is 0 Å². The summed E-state index contributed by atoms with van der Waals surface area (Å²) in [7, 11) is 0. The van der Waals surface area contributed by atoms with Gasteiger partial charge in [0.2, 0.25) is 0 Å². The van der Waals surface area contributed by atoms with E-state index in [0.29, 0.717) is 18.2 Å². The van der Waals surface area contributed by atoms with Crippen LogP contribution < -0.4 is 5.32 Å². The lowest BCUT2D eigenvalue weighted by molar-refractivity contribution is 0.0697. The van der Waals surface area contributed by atoms with Gasteiger partial charge in [0.1, 0.15) is 5.82 Å². The molecule has 0 radical (unpaired) electrons. The molecule has 2 atom stereocenters. The van der Waals surface area contributed by atoms with Crippen molar-refractivity contribution in [1.82, 2.24) is 14.9 Å². The first kappa shape index (κ1) is 12.9. The molecule has 5 heteroatoms. The fraction of sp³-hybridized carbons (Fsp3) is 0.333. The minimum atomic E-state index is -0.892. The molecule has 1 aromatic carbocycles. The van der Waals surface area contributed by atoms with Crippen LogP contribution in [0.4, 0.5) is 0 Å². The van der Waals surface area contributed by atoms with Crippen LogP contribution in [0.1, 0.15) is 47.2 Å². The molecule has 0 spiro atoms. The third kappa shape index (κ3) is 2.32. The standard InChI is InChI=1S/C15H17N3O2/c1-10-8-13(14-16-6-7-18(10)14)17-9-11-2-4-12(5-3-11)15(19)20/h2-7,10,13,17H,8-9H2,1H3,(H,19,20)/t10-,13-/m0/s1. The average Bonchev–Trinajstić information content (AvgIpc) is 3.02. The summed E-state index contributed by atoms with van der Waals surface area (Å²) in [5.74, 6) is 0.191. The third-order valence-corrected chi connectivity index (χ3v) is 3.82. The number of aromatic carboxylic acids is 1. The molecule has 1 aliphatic heterocycles. The molecule has 104 valence electrons. The van der Waals surface area contributed by atoms with Crippen LogP contribution in [0.25, 0.3) is 0 Å². The minimum absolute atomic E-state index is 0.263. The first-order valence-corrected chi connectivity index (χ1v) is 6.73. The summed E-state index contributed by atoms with van der Waals surface area (Å²) in [4.78, 5) is 15.2. The van der Waals surface area contributed by atoms with E-state index >= 15 is 0 Å². The maximum absolute atomic E-state index is 10.8. The minimum Gasteiger partial charge on any atom is -0.478 e. The lowest BCUT2D eigenvalue weighted by Gasteiger charge is -2.11. The number of rotatable bonds is 4. The SMILES string of the molecule is C[C@H]1C[C@H](NCc2ccc(C(=O)O)cc2)c2nccn21. The highest BCUT2D eigenvalue weighted by atomic mass is 16.4. The molecule has 0 saturated heterocycles. The van der Waals surface area contributed by atoms with Crippen molar-refractivity contribution in [3.05, 3.63) is 53.6 Å². The molecule has 3 rings (SSSR count). The molecule has 20 heavy (non-hydrogen) atoms. The Morgan fingerprint density at radius 1 is 1.45 bits per heavy atom. The van der Waals surface area contributed by atoms with Gasteiger partial charge < -0.3 is 15.0 Å². The molecule has 2 aromatic rings. The fourth-order valence-corrected chi connectivity index (χ4v) is 2.71. The van der Waals surface area contributed by atoms with Crippen LogP contribution in [0.15, 0.2) is 36.7 Å². The van der Waals surface area contributed by atoms with Crippen molar-refractivity contribution in [2.24, 2.45) is 0 Å². The highest BCUT2D eigenvalue weighted by Crippen LogP contribution is 2.32. The van der Waals surface area contributed by atoms with E-state index in [0.717, 1.165) is 17.8 Å². The zero-order valence-corrected chi connectivity index (χ0v) is 11.3. The number of hydrogen-bond donors (Lipinski definition) is 2. The Morgan fingerprint density at radius 2 is 2.20 bits per heavy atom.